The van der Waals surface area contributed by atoms with Crippen LogP contribution in [0.4, 0.5) is 0 Å². The molecule has 1 aromatic carbocycles. The second-order valence-electron chi connectivity index (χ2n) is 9.70. The molecule has 0 spiro atoms. The van der Waals surface area contributed by atoms with Gasteiger partial charge < -0.3 is 9.80 Å². The van der Waals surface area contributed by atoms with Crippen LogP contribution in [0.2, 0.25) is 0 Å². The molecule has 5 rings (SSSR count). The van der Waals surface area contributed by atoms with Crippen molar-refractivity contribution in [1.82, 2.24) is 9.80 Å². The quantitative estimate of drug-likeness (QED) is 0.638. The number of nitrogens with zero attached hydrogens (tertiary/aromatic N) is 2. The lowest BCUT2D eigenvalue weighted by atomic mass is 9.72. The van der Waals surface area contributed by atoms with Gasteiger partial charge in [0.2, 0.25) is 0 Å². The summed E-state index contributed by atoms with van der Waals surface area (Å²) in [5.74, 6) is 3.43. The van der Waals surface area contributed by atoms with Crippen LogP contribution in [0.1, 0.15) is 56.6 Å². The van der Waals surface area contributed by atoms with E-state index in [4.69, 9.17) is 0 Å². The van der Waals surface area contributed by atoms with E-state index in [1.54, 1.807) is 0 Å². The molecule has 154 valence electrons. The number of hydrogen-bond acceptors (Lipinski definition) is 3. The Morgan fingerprint density at radius 1 is 1.17 bits per heavy atom. The number of likely N-dealkylation sites (tertiary alicyclic amines) is 2. The van der Waals surface area contributed by atoms with E-state index in [1.807, 2.05) is 0 Å². The third-order valence-electron chi connectivity index (χ3n) is 8.06. The Bertz CT molecular complexity index is 825. The molecule has 2 aliphatic carbocycles. The van der Waals surface area contributed by atoms with Crippen LogP contribution in [0.5, 0.6) is 0 Å². The molecule has 2 atom stereocenters. The summed E-state index contributed by atoms with van der Waals surface area (Å²) in [5, 5.41) is 0. The van der Waals surface area contributed by atoms with Crippen LogP contribution in [-0.4, -0.2) is 48.5 Å². The SMILES string of the molecule is CC[C@]12CN(C(=C=O)C3CC3)C[C@H]1CC=C2c1ccc(CCN2CCCC2)cc1. The number of hydrogen-bond donors (Lipinski definition) is 0. The van der Waals surface area contributed by atoms with Gasteiger partial charge in [-0.05, 0) is 80.7 Å². The van der Waals surface area contributed by atoms with Crippen LogP contribution < -0.4 is 0 Å². The zero-order chi connectivity index (χ0) is 19.8. The van der Waals surface area contributed by atoms with Crippen molar-refractivity contribution in [2.24, 2.45) is 17.3 Å². The smallest absolute Gasteiger partial charge is 0.146 e. The third-order valence-corrected chi connectivity index (χ3v) is 8.06. The summed E-state index contributed by atoms with van der Waals surface area (Å²) in [6, 6.07) is 9.39. The molecule has 3 nitrogen and oxygen atoms in total. The number of benzene rings is 1. The fourth-order valence-electron chi connectivity index (χ4n) is 6.13. The van der Waals surface area contributed by atoms with Crippen LogP contribution >= 0.6 is 0 Å². The fourth-order valence-corrected chi connectivity index (χ4v) is 6.13. The van der Waals surface area contributed by atoms with Gasteiger partial charge in [-0.3, -0.25) is 0 Å². The molecule has 29 heavy (non-hydrogen) atoms. The van der Waals surface area contributed by atoms with Crippen molar-refractivity contribution >= 4 is 11.5 Å². The standard InChI is InChI=1S/C26H34N2O/c1-2-26-19-28(25(18-29)22-9-10-22)17-23(26)11-12-24(26)21-7-5-20(6-8-21)13-16-27-14-3-4-15-27/h5-8,12,22-23H,2-4,9-11,13-17,19H2,1H3/t23-,26+/m1/s1. The number of carbonyl (C=O) groups excluding carboxylic acids is 1. The first-order valence-corrected chi connectivity index (χ1v) is 11.8. The monoisotopic (exact) mass is 390 g/mol. The predicted octanol–water partition coefficient (Wildman–Crippen LogP) is 4.57. The first kappa shape index (κ1) is 19.2. The van der Waals surface area contributed by atoms with E-state index in [9.17, 15) is 4.79 Å². The van der Waals surface area contributed by atoms with E-state index in [-0.39, 0.29) is 5.41 Å². The first-order valence-electron chi connectivity index (χ1n) is 11.8. The minimum Gasteiger partial charge on any atom is -0.364 e. The van der Waals surface area contributed by atoms with Crippen molar-refractivity contribution in [3.63, 3.8) is 0 Å². The molecule has 0 unspecified atom stereocenters. The molecule has 0 radical (unpaired) electrons. The predicted molar refractivity (Wildman–Crippen MR) is 118 cm³/mol. The van der Waals surface area contributed by atoms with E-state index in [0.29, 0.717) is 11.8 Å². The Balaban J connectivity index is 1.31. The Morgan fingerprint density at radius 3 is 2.59 bits per heavy atom. The van der Waals surface area contributed by atoms with Crippen molar-refractivity contribution in [2.75, 3.05) is 32.7 Å². The lowest BCUT2D eigenvalue weighted by Crippen LogP contribution is -2.29. The molecule has 3 heteroatoms. The molecule has 0 amide bonds. The van der Waals surface area contributed by atoms with Gasteiger partial charge in [-0.2, -0.15) is 0 Å². The topological polar surface area (TPSA) is 23.6 Å². The molecule has 3 fully saturated rings. The van der Waals surface area contributed by atoms with Crippen molar-refractivity contribution in [3.8, 4) is 0 Å². The molecular weight excluding hydrogens is 356 g/mol. The highest BCUT2D eigenvalue weighted by molar-refractivity contribution is 5.74. The second kappa shape index (κ2) is 7.78. The third kappa shape index (κ3) is 3.49. The molecule has 2 heterocycles. The lowest BCUT2D eigenvalue weighted by Gasteiger charge is -2.32. The number of rotatable bonds is 7. The Morgan fingerprint density at radius 2 is 1.93 bits per heavy atom. The highest BCUT2D eigenvalue weighted by Gasteiger charge is 2.52. The van der Waals surface area contributed by atoms with Gasteiger partial charge in [0, 0.05) is 31.0 Å². The van der Waals surface area contributed by atoms with E-state index in [1.165, 1.54) is 62.0 Å². The molecule has 1 saturated carbocycles. The zero-order valence-corrected chi connectivity index (χ0v) is 17.8. The second-order valence-corrected chi connectivity index (χ2v) is 9.70. The molecule has 0 bridgehead atoms. The maximum Gasteiger partial charge on any atom is 0.146 e. The minimum atomic E-state index is 0.202. The average molecular weight is 391 g/mol. The Labute approximate surface area is 175 Å². The Kier molecular flexibility index (Phi) is 5.14. The lowest BCUT2D eigenvalue weighted by molar-refractivity contribution is 0.318. The van der Waals surface area contributed by atoms with Crippen LogP contribution in [0.3, 0.4) is 0 Å². The van der Waals surface area contributed by atoms with E-state index in [2.05, 4.69) is 53.0 Å². The molecule has 4 aliphatic rings. The van der Waals surface area contributed by atoms with Gasteiger partial charge in [0.1, 0.15) is 11.6 Å². The summed E-state index contributed by atoms with van der Waals surface area (Å²) < 4.78 is 0. The molecule has 1 aromatic rings. The van der Waals surface area contributed by atoms with E-state index < -0.39 is 0 Å². The highest BCUT2D eigenvalue weighted by atomic mass is 16.1. The van der Waals surface area contributed by atoms with Crippen molar-refractivity contribution in [3.05, 3.63) is 47.2 Å². The molecule has 2 aliphatic heterocycles. The van der Waals surface area contributed by atoms with Crippen LogP contribution in [-0.2, 0) is 11.2 Å². The van der Waals surface area contributed by atoms with Crippen LogP contribution in [0, 0.1) is 17.3 Å². The maximum absolute atomic E-state index is 11.6. The average Bonchev–Trinajstić information content (AvgIpc) is 3.16. The Hall–Kier alpha value is -1.83. The molecule has 2 saturated heterocycles. The maximum atomic E-state index is 11.6. The summed E-state index contributed by atoms with van der Waals surface area (Å²) in [4.78, 5) is 16.6. The number of fused-ring (bicyclic) bond motifs is 1. The normalized spacial score (nSPS) is 29.1. The highest BCUT2D eigenvalue weighted by Crippen LogP contribution is 2.56. The summed E-state index contributed by atoms with van der Waals surface area (Å²) in [6.07, 6.45) is 11.0. The van der Waals surface area contributed by atoms with Crippen LogP contribution in [0.15, 0.2) is 36.0 Å². The summed E-state index contributed by atoms with van der Waals surface area (Å²) in [7, 11) is 0. The molecular formula is C26H34N2O. The minimum absolute atomic E-state index is 0.202. The molecule has 0 N–H and O–H groups in total. The molecule has 0 aromatic heterocycles. The number of allylic oxidation sites excluding steroid dienone is 2. The van der Waals surface area contributed by atoms with Gasteiger partial charge in [0.05, 0.1) is 0 Å². The largest absolute Gasteiger partial charge is 0.364 e. The van der Waals surface area contributed by atoms with Gasteiger partial charge in [0.15, 0.2) is 0 Å². The zero-order valence-electron chi connectivity index (χ0n) is 17.8. The first-order chi connectivity index (χ1) is 14.2. The van der Waals surface area contributed by atoms with Crippen LogP contribution in [0.25, 0.3) is 5.57 Å². The van der Waals surface area contributed by atoms with Gasteiger partial charge in [0.25, 0.3) is 0 Å². The van der Waals surface area contributed by atoms with Gasteiger partial charge in [-0.25, -0.2) is 4.79 Å². The van der Waals surface area contributed by atoms with Gasteiger partial charge >= 0.3 is 0 Å². The van der Waals surface area contributed by atoms with E-state index >= 15 is 0 Å². The van der Waals surface area contributed by atoms with Crippen molar-refractivity contribution < 1.29 is 4.79 Å². The summed E-state index contributed by atoms with van der Waals surface area (Å²) in [5.41, 5.74) is 5.54. The van der Waals surface area contributed by atoms with Crippen molar-refractivity contribution in [1.29, 1.82) is 0 Å². The van der Waals surface area contributed by atoms with Gasteiger partial charge in [-0.15, -0.1) is 0 Å². The van der Waals surface area contributed by atoms with Gasteiger partial charge in [-0.1, -0.05) is 37.3 Å². The summed E-state index contributed by atoms with van der Waals surface area (Å²) in [6.45, 7) is 8.11. The fraction of sp³-hybridized carbons (Fsp3) is 0.615. The van der Waals surface area contributed by atoms with E-state index in [0.717, 1.165) is 38.0 Å². The summed E-state index contributed by atoms with van der Waals surface area (Å²) >= 11 is 0. The van der Waals surface area contributed by atoms with Crippen molar-refractivity contribution in [2.45, 2.75) is 51.9 Å².